The standard InChI is InChI=1S/C21H13F4N3O4S/c22-11-33(29,30)32-19-8-14(21(23,24)25)4-6-16(19)18-10-20(28-12-27-18)31-15-5-3-13-2-1-7-26-17(13)9-15/h1-10,12H,11H2. The van der Waals surface area contributed by atoms with Gasteiger partial charge in [0.1, 0.15) is 12.1 Å². The van der Waals surface area contributed by atoms with Gasteiger partial charge in [0.05, 0.1) is 16.8 Å². The number of hydrogen-bond acceptors (Lipinski definition) is 7. The van der Waals surface area contributed by atoms with Crippen molar-refractivity contribution in [2.24, 2.45) is 0 Å². The Morgan fingerprint density at radius 3 is 2.52 bits per heavy atom. The molecule has 0 aliphatic rings. The van der Waals surface area contributed by atoms with Gasteiger partial charge in [-0.25, -0.2) is 14.4 Å². The molecule has 0 saturated carbocycles. The van der Waals surface area contributed by atoms with Gasteiger partial charge in [-0.2, -0.15) is 21.6 Å². The van der Waals surface area contributed by atoms with Crippen molar-refractivity contribution >= 4 is 21.0 Å². The van der Waals surface area contributed by atoms with Crippen molar-refractivity contribution in [2.75, 3.05) is 6.01 Å². The third kappa shape index (κ3) is 5.17. The largest absolute Gasteiger partial charge is 0.439 e. The van der Waals surface area contributed by atoms with E-state index in [4.69, 9.17) is 4.74 Å². The quantitative estimate of drug-likeness (QED) is 0.279. The molecule has 0 fully saturated rings. The number of hydrogen-bond donors (Lipinski definition) is 0. The minimum absolute atomic E-state index is 0.00306. The third-order valence-corrected chi connectivity index (χ3v) is 5.08. The summed E-state index contributed by atoms with van der Waals surface area (Å²) in [5, 5.41) is 0.883. The van der Waals surface area contributed by atoms with Crippen LogP contribution >= 0.6 is 0 Å². The van der Waals surface area contributed by atoms with Gasteiger partial charge in [-0.3, -0.25) is 4.98 Å². The molecule has 0 saturated heterocycles. The van der Waals surface area contributed by atoms with Crippen molar-refractivity contribution in [1.82, 2.24) is 15.0 Å². The van der Waals surface area contributed by atoms with Crippen LogP contribution in [0.5, 0.6) is 17.4 Å². The first-order valence-electron chi connectivity index (χ1n) is 9.19. The van der Waals surface area contributed by atoms with E-state index < -0.39 is 33.6 Å². The molecule has 7 nitrogen and oxygen atoms in total. The first-order chi connectivity index (χ1) is 15.6. The highest BCUT2D eigenvalue weighted by atomic mass is 32.2. The summed E-state index contributed by atoms with van der Waals surface area (Å²) < 4.78 is 85.5. The van der Waals surface area contributed by atoms with E-state index in [1.165, 1.54) is 6.07 Å². The van der Waals surface area contributed by atoms with E-state index in [0.29, 0.717) is 17.3 Å². The fraction of sp³-hybridized carbons (Fsp3) is 0.0952. The Morgan fingerprint density at radius 1 is 0.939 bits per heavy atom. The first-order valence-corrected chi connectivity index (χ1v) is 10.8. The van der Waals surface area contributed by atoms with Crippen LogP contribution in [0.25, 0.3) is 22.2 Å². The summed E-state index contributed by atoms with van der Waals surface area (Å²) in [6, 6.07) is 10.3. The lowest BCUT2D eigenvalue weighted by Crippen LogP contribution is -2.13. The first kappa shape index (κ1) is 22.4. The van der Waals surface area contributed by atoms with E-state index in [0.717, 1.165) is 23.8 Å². The molecule has 170 valence electrons. The minimum Gasteiger partial charge on any atom is -0.439 e. The summed E-state index contributed by atoms with van der Waals surface area (Å²) in [7, 11) is -4.76. The Labute approximate surface area is 184 Å². The Morgan fingerprint density at radius 2 is 1.76 bits per heavy atom. The highest BCUT2D eigenvalue weighted by molar-refractivity contribution is 7.86. The van der Waals surface area contributed by atoms with Crippen LogP contribution in [-0.4, -0.2) is 29.4 Å². The highest BCUT2D eigenvalue weighted by Crippen LogP contribution is 2.38. The second-order valence-corrected chi connectivity index (χ2v) is 8.16. The Bertz CT molecular complexity index is 1430. The highest BCUT2D eigenvalue weighted by Gasteiger charge is 2.32. The second kappa shape index (κ2) is 8.62. The van der Waals surface area contributed by atoms with Gasteiger partial charge in [-0.1, -0.05) is 6.07 Å². The smallest absolute Gasteiger partial charge is 0.416 e. The maximum atomic E-state index is 13.1. The van der Waals surface area contributed by atoms with Crippen LogP contribution < -0.4 is 8.92 Å². The van der Waals surface area contributed by atoms with E-state index in [1.54, 1.807) is 30.5 Å². The molecular formula is C21H13F4N3O4S. The molecule has 2 aromatic carbocycles. The predicted molar refractivity (Wildman–Crippen MR) is 110 cm³/mol. The normalized spacial score (nSPS) is 12.0. The summed E-state index contributed by atoms with van der Waals surface area (Å²) in [6.45, 7) is 0. The van der Waals surface area contributed by atoms with Gasteiger partial charge in [0.25, 0.3) is 0 Å². The second-order valence-electron chi connectivity index (χ2n) is 6.66. The summed E-state index contributed by atoms with van der Waals surface area (Å²) in [4.78, 5) is 12.1. The molecule has 0 radical (unpaired) electrons. The van der Waals surface area contributed by atoms with Gasteiger partial charge >= 0.3 is 16.3 Å². The number of aromatic nitrogens is 3. The van der Waals surface area contributed by atoms with Crippen molar-refractivity contribution < 1.29 is 34.9 Å². The van der Waals surface area contributed by atoms with Crippen molar-refractivity contribution in [3.63, 3.8) is 0 Å². The topological polar surface area (TPSA) is 91.3 Å². The Kier molecular flexibility index (Phi) is 5.85. The number of halogens is 4. The maximum Gasteiger partial charge on any atom is 0.416 e. The molecule has 0 unspecified atom stereocenters. The molecule has 4 rings (SSSR count). The van der Waals surface area contributed by atoms with Crippen LogP contribution in [0.2, 0.25) is 0 Å². The van der Waals surface area contributed by atoms with E-state index in [9.17, 15) is 26.0 Å². The zero-order valence-electron chi connectivity index (χ0n) is 16.5. The molecule has 0 amide bonds. The van der Waals surface area contributed by atoms with E-state index in [-0.39, 0.29) is 17.1 Å². The fourth-order valence-electron chi connectivity index (χ4n) is 2.91. The van der Waals surface area contributed by atoms with E-state index >= 15 is 0 Å². The number of rotatable bonds is 6. The molecule has 0 bridgehead atoms. The Hall–Kier alpha value is -3.80. The number of ether oxygens (including phenoxy) is 1. The van der Waals surface area contributed by atoms with Gasteiger partial charge < -0.3 is 8.92 Å². The zero-order valence-corrected chi connectivity index (χ0v) is 17.3. The maximum absolute atomic E-state index is 13.1. The van der Waals surface area contributed by atoms with Crippen LogP contribution in [0.3, 0.4) is 0 Å². The average molecular weight is 479 g/mol. The monoisotopic (exact) mass is 479 g/mol. The number of alkyl halides is 4. The molecule has 0 aliphatic carbocycles. The fourth-order valence-corrected chi connectivity index (χ4v) is 3.37. The van der Waals surface area contributed by atoms with Crippen molar-refractivity contribution in [3.05, 3.63) is 72.7 Å². The van der Waals surface area contributed by atoms with E-state index in [2.05, 4.69) is 19.1 Å². The van der Waals surface area contributed by atoms with Crippen LogP contribution in [0.15, 0.2) is 67.1 Å². The van der Waals surface area contributed by atoms with Crippen LogP contribution in [-0.2, 0) is 16.3 Å². The summed E-state index contributed by atoms with van der Waals surface area (Å²) in [5.74, 6) is -0.328. The Balaban J connectivity index is 1.72. The predicted octanol–water partition coefficient (Wildman–Crippen LogP) is 5.14. The molecular weight excluding hydrogens is 466 g/mol. The summed E-state index contributed by atoms with van der Waals surface area (Å²) >= 11 is 0. The van der Waals surface area contributed by atoms with E-state index in [1.807, 2.05) is 6.07 Å². The van der Waals surface area contributed by atoms with Gasteiger partial charge in [0.15, 0.2) is 5.75 Å². The molecule has 0 aliphatic heterocycles. The molecule has 0 atom stereocenters. The van der Waals surface area contributed by atoms with Crippen molar-refractivity contribution in [2.45, 2.75) is 6.18 Å². The molecule has 0 N–H and O–H groups in total. The third-order valence-electron chi connectivity index (χ3n) is 4.38. The molecule has 12 heteroatoms. The number of pyridine rings is 1. The minimum atomic E-state index is -4.78. The molecule has 0 spiro atoms. The number of fused-ring (bicyclic) bond motifs is 1. The van der Waals surface area contributed by atoms with Crippen LogP contribution in [0, 0.1) is 0 Å². The van der Waals surface area contributed by atoms with Crippen LogP contribution in [0.1, 0.15) is 5.56 Å². The summed E-state index contributed by atoms with van der Waals surface area (Å²) in [6.07, 6.45) is -2.08. The molecule has 4 aromatic rings. The van der Waals surface area contributed by atoms with Crippen LogP contribution in [0.4, 0.5) is 17.6 Å². The lowest BCUT2D eigenvalue weighted by atomic mass is 10.1. The average Bonchev–Trinajstić information content (AvgIpc) is 2.78. The lowest BCUT2D eigenvalue weighted by Gasteiger charge is -2.14. The molecule has 33 heavy (non-hydrogen) atoms. The number of benzene rings is 2. The molecule has 2 aromatic heterocycles. The van der Waals surface area contributed by atoms with Gasteiger partial charge in [-0.15, -0.1) is 0 Å². The van der Waals surface area contributed by atoms with Gasteiger partial charge in [0, 0.05) is 29.3 Å². The van der Waals surface area contributed by atoms with Gasteiger partial charge in [0.2, 0.25) is 11.9 Å². The molecule has 2 heterocycles. The number of nitrogens with zero attached hydrogens (tertiary/aromatic N) is 3. The lowest BCUT2D eigenvalue weighted by molar-refractivity contribution is -0.137. The SMILES string of the molecule is O=S(=O)(CF)Oc1cc(C(F)(F)F)ccc1-c1cc(Oc2ccc3cccnc3c2)ncn1. The van der Waals surface area contributed by atoms with Gasteiger partial charge in [-0.05, 0) is 36.4 Å². The zero-order chi connectivity index (χ0) is 23.6. The van der Waals surface area contributed by atoms with Crippen molar-refractivity contribution in [1.29, 1.82) is 0 Å². The van der Waals surface area contributed by atoms with Crippen molar-refractivity contribution in [3.8, 4) is 28.6 Å². The summed E-state index contributed by atoms with van der Waals surface area (Å²) in [5.41, 5.74) is -0.646.